The van der Waals surface area contributed by atoms with Gasteiger partial charge >= 0.3 is 0 Å². The molecule has 5 rings (SSSR count). The fraction of sp³-hybridized carbons (Fsp3) is 0.111. The smallest absolute Gasteiger partial charge is 0.116 e. The summed E-state index contributed by atoms with van der Waals surface area (Å²) in [6.45, 7) is 0. The Balaban J connectivity index is 1.22. The molecule has 0 aliphatic carbocycles. The van der Waals surface area contributed by atoms with Gasteiger partial charge in [0.2, 0.25) is 0 Å². The van der Waals surface area contributed by atoms with Crippen molar-refractivity contribution < 1.29 is 0 Å². The Hall–Kier alpha value is -4.96. The minimum atomic E-state index is 0.870. The van der Waals surface area contributed by atoms with E-state index in [1.807, 2.05) is 18.2 Å². The SMILES string of the molecule is CN(C)c1ccc(-c2ccc(/C=C/c3cc(/C=C/c4ccc(-c5ccc(N(C)C)cc5)cc4)ncn3)cc2)cc1. The zero-order chi connectivity index (χ0) is 27.9. The Morgan fingerprint density at radius 2 is 0.750 bits per heavy atom. The van der Waals surface area contributed by atoms with Crippen molar-refractivity contribution in [1.29, 1.82) is 0 Å². The topological polar surface area (TPSA) is 32.3 Å². The molecule has 4 nitrogen and oxygen atoms in total. The third kappa shape index (κ3) is 6.72. The Morgan fingerprint density at radius 1 is 0.425 bits per heavy atom. The van der Waals surface area contributed by atoms with E-state index in [0.29, 0.717) is 0 Å². The highest BCUT2D eigenvalue weighted by Gasteiger charge is 2.01. The molecule has 0 bridgehead atoms. The molecule has 0 amide bonds. The molecule has 4 aromatic carbocycles. The van der Waals surface area contributed by atoms with E-state index in [1.54, 1.807) is 6.33 Å². The monoisotopic (exact) mass is 522 g/mol. The third-order valence-electron chi connectivity index (χ3n) is 6.86. The molecule has 0 spiro atoms. The van der Waals surface area contributed by atoms with Crippen LogP contribution in [0.25, 0.3) is 46.6 Å². The lowest BCUT2D eigenvalue weighted by Crippen LogP contribution is -2.07. The van der Waals surface area contributed by atoms with E-state index in [9.17, 15) is 0 Å². The first-order valence-electron chi connectivity index (χ1n) is 13.4. The summed E-state index contributed by atoms with van der Waals surface area (Å²) in [5, 5.41) is 0. The van der Waals surface area contributed by atoms with Crippen molar-refractivity contribution in [3.05, 3.63) is 132 Å². The summed E-state index contributed by atoms with van der Waals surface area (Å²) in [6, 6.07) is 36.4. The molecular weight excluding hydrogens is 488 g/mol. The van der Waals surface area contributed by atoms with Gasteiger partial charge in [0.1, 0.15) is 6.33 Å². The number of benzene rings is 4. The standard InChI is InChI=1S/C36H34N4/c1-39(2)35-21-15-31(16-22-35)29-11-5-27(6-12-29)9-19-33-25-34(38-26-37-33)20-10-28-7-13-30(14-8-28)32-17-23-36(24-18-32)40(3)4/h5-26H,1-4H3/b19-9+,20-10+. The Bertz CT molecular complexity index is 1470. The van der Waals surface area contributed by atoms with Crippen LogP contribution in [-0.4, -0.2) is 38.2 Å². The van der Waals surface area contributed by atoms with E-state index in [0.717, 1.165) is 22.5 Å². The maximum atomic E-state index is 4.42. The average molecular weight is 523 g/mol. The largest absolute Gasteiger partial charge is 0.378 e. The van der Waals surface area contributed by atoms with E-state index < -0.39 is 0 Å². The zero-order valence-electron chi connectivity index (χ0n) is 23.5. The number of hydrogen-bond acceptors (Lipinski definition) is 4. The van der Waals surface area contributed by atoms with Gasteiger partial charge in [-0.25, -0.2) is 9.97 Å². The summed E-state index contributed by atoms with van der Waals surface area (Å²) in [7, 11) is 8.22. The lowest BCUT2D eigenvalue weighted by atomic mass is 10.0. The molecule has 0 unspecified atom stereocenters. The summed E-state index contributed by atoms with van der Waals surface area (Å²) in [5.41, 5.74) is 11.2. The van der Waals surface area contributed by atoms with Gasteiger partial charge < -0.3 is 9.80 Å². The first kappa shape index (κ1) is 26.6. The maximum absolute atomic E-state index is 4.42. The van der Waals surface area contributed by atoms with Crippen LogP contribution in [0, 0.1) is 0 Å². The quantitative estimate of drug-likeness (QED) is 0.205. The van der Waals surface area contributed by atoms with Crippen molar-refractivity contribution in [3.63, 3.8) is 0 Å². The van der Waals surface area contributed by atoms with Gasteiger partial charge in [-0.05, 0) is 75.9 Å². The van der Waals surface area contributed by atoms with Gasteiger partial charge in [0.15, 0.2) is 0 Å². The predicted molar refractivity (Wildman–Crippen MR) is 172 cm³/mol. The van der Waals surface area contributed by atoms with Crippen LogP contribution in [0.1, 0.15) is 22.5 Å². The highest BCUT2D eigenvalue weighted by atomic mass is 15.1. The van der Waals surface area contributed by atoms with Crippen molar-refractivity contribution in [1.82, 2.24) is 9.97 Å². The molecule has 0 atom stereocenters. The van der Waals surface area contributed by atoms with Crippen LogP contribution in [0.2, 0.25) is 0 Å². The normalized spacial score (nSPS) is 11.3. The van der Waals surface area contributed by atoms with Crippen molar-refractivity contribution in [3.8, 4) is 22.3 Å². The fourth-order valence-electron chi connectivity index (χ4n) is 4.41. The average Bonchev–Trinajstić information content (AvgIpc) is 3.00. The van der Waals surface area contributed by atoms with Crippen LogP contribution in [0.3, 0.4) is 0 Å². The molecule has 40 heavy (non-hydrogen) atoms. The predicted octanol–water partition coefficient (Wildman–Crippen LogP) is 8.28. The summed E-state index contributed by atoms with van der Waals surface area (Å²) < 4.78 is 0. The van der Waals surface area contributed by atoms with E-state index in [2.05, 4.69) is 157 Å². The summed E-state index contributed by atoms with van der Waals surface area (Å²) in [5.74, 6) is 0. The van der Waals surface area contributed by atoms with Crippen molar-refractivity contribution in [2.45, 2.75) is 0 Å². The molecule has 4 heteroatoms. The lowest BCUT2D eigenvalue weighted by molar-refractivity contribution is 1.13. The molecule has 198 valence electrons. The Labute approximate surface area is 237 Å². The molecule has 1 aromatic heterocycles. The van der Waals surface area contributed by atoms with Crippen LogP contribution >= 0.6 is 0 Å². The van der Waals surface area contributed by atoms with Crippen LogP contribution in [-0.2, 0) is 0 Å². The van der Waals surface area contributed by atoms with Crippen LogP contribution in [0.4, 0.5) is 11.4 Å². The second kappa shape index (κ2) is 12.3. The molecule has 0 aliphatic heterocycles. The van der Waals surface area contributed by atoms with Crippen LogP contribution in [0.15, 0.2) is 109 Å². The highest BCUT2D eigenvalue weighted by Crippen LogP contribution is 2.25. The maximum Gasteiger partial charge on any atom is 0.116 e. The summed E-state index contributed by atoms with van der Waals surface area (Å²) in [6.07, 6.45) is 9.82. The fourth-order valence-corrected chi connectivity index (χ4v) is 4.41. The zero-order valence-corrected chi connectivity index (χ0v) is 23.5. The van der Waals surface area contributed by atoms with Crippen molar-refractivity contribution in [2.75, 3.05) is 38.0 Å². The van der Waals surface area contributed by atoms with Gasteiger partial charge in [0.05, 0.1) is 11.4 Å². The van der Waals surface area contributed by atoms with Gasteiger partial charge in [0, 0.05) is 39.6 Å². The molecule has 0 saturated heterocycles. The summed E-state index contributed by atoms with van der Waals surface area (Å²) in [4.78, 5) is 13.1. The molecule has 0 N–H and O–H groups in total. The first-order chi connectivity index (χ1) is 19.4. The first-order valence-corrected chi connectivity index (χ1v) is 13.4. The lowest BCUT2D eigenvalue weighted by Gasteiger charge is -2.12. The van der Waals surface area contributed by atoms with E-state index in [1.165, 1.54) is 33.6 Å². The van der Waals surface area contributed by atoms with Gasteiger partial charge in [-0.2, -0.15) is 0 Å². The number of aromatic nitrogens is 2. The Kier molecular flexibility index (Phi) is 8.17. The molecule has 5 aromatic rings. The minimum Gasteiger partial charge on any atom is -0.378 e. The van der Waals surface area contributed by atoms with Gasteiger partial charge in [0.25, 0.3) is 0 Å². The number of rotatable bonds is 8. The number of anilines is 2. The number of hydrogen-bond donors (Lipinski definition) is 0. The van der Waals surface area contributed by atoms with Crippen LogP contribution < -0.4 is 9.80 Å². The second-order valence-corrected chi connectivity index (χ2v) is 10.2. The van der Waals surface area contributed by atoms with Crippen molar-refractivity contribution in [2.24, 2.45) is 0 Å². The second-order valence-electron chi connectivity index (χ2n) is 10.2. The van der Waals surface area contributed by atoms with Crippen molar-refractivity contribution >= 4 is 35.7 Å². The molecule has 1 heterocycles. The molecular formula is C36H34N4. The van der Waals surface area contributed by atoms with Gasteiger partial charge in [-0.3, -0.25) is 0 Å². The van der Waals surface area contributed by atoms with Gasteiger partial charge in [-0.15, -0.1) is 0 Å². The molecule has 0 fully saturated rings. The molecule has 0 saturated carbocycles. The van der Waals surface area contributed by atoms with E-state index >= 15 is 0 Å². The molecule has 0 aliphatic rings. The van der Waals surface area contributed by atoms with Crippen LogP contribution in [0.5, 0.6) is 0 Å². The molecule has 0 radical (unpaired) electrons. The van der Waals surface area contributed by atoms with Gasteiger partial charge in [-0.1, -0.05) is 84.9 Å². The minimum absolute atomic E-state index is 0.870. The third-order valence-corrected chi connectivity index (χ3v) is 6.86. The number of nitrogens with zero attached hydrogens (tertiary/aromatic N) is 4. The summed E-state index contributed by atoms with van der Waals surface area (Å²) >= 11 is 0. The van der Waals surface area contributed by atoms with E-state index in [4.69, 9.17) is 0 Å². The van der Waals surface area contributed by atoms with E-state index in [-0.39, 0.29) is 0 Å². The highest BCUT2D eigenvalue weighted by molar-refractivity contribution is 5.75. The Morgan fingerprint density at radius 3 is 1.07 bits per heavy atom.